The van der Waals surface area contributed by atoms with Gasteiger partial charge < -0.3 is 0 Å². The molecule has 0 aromatic rings. The van der Waals surface area contributed by atoms with Crippen LogP contribution in [0.25, 0.3) is 0 Å². The van der Waals surface area contributed by atoms with Crippen molar-refractivity contribution in [2.45, 2.75) is 31.2 Å². The molecule has 1 heterocycles. The fourth-order valence-corrected chi connectivity index (χ4v) is 57.9. The number of aliphatic imine (C=N–C) groups is 1. The Labute approximate surface area is 90.5 Å². The summed E-state index contributed by atoms with van der Waals surface area (Å²) >= 11 is -3.91. The average molecular weight is 393 g/mol. The van der Waals surface area contributed by atoms with Crippen LogP contribution in [0.2, 0.25) is 29.6 Å². The van der Waals surface area contributed by atoms with Crippen LogP contribution in [0.1, 0.15) is 0 Å². The molecular weight excluding hydrogens is 372 g/mol. The quantitative estimate of drug-likeness (QED) is 0.640. The fraction of sp³-hybridized carbons (Fsp3) is 0.700. The van der Waals surface area contributed by atoms with Gasteiger partial charge in [0.25, 0.3) is 0 Å². The van der Waals surface area contributed by atoms with Gasteiger partial charge in [-0.15, -0.1) is 0 Å². The minimum atomic E-state index is -1.95. The Morgan fingerprint density at radius 2 is 1.38 bits per heavy atom. The van der Waals surface area contributed by atoms with Crippen molar-refractivity contribution in [1.29, 1.82) is 0 Å². The van der Waals surface area contributed by atoms with Gasteiger partial charge in [-0.05, 0) is 0 Å². The van der Waals surface area contributed by atoms with Gasteiger partial charge in [0.05, 0.1) is 0 Å². The van der Waals surface area contributed by atoms with Crippen LogP contribution in [0.5, 0.6) is 0 Å². The summed E-state index contributed by atoms with van der Waals surface area (Å²) in [5.41, 5.74) is 0. The standard InChI is InChI=1S/C4H3N.6CH3.2Sn/c1-2-4-5-3-1;;;;;;;;/h1-3H;6*1H3;;. The Bertz CT molecular complexity index is 225. The molecule has 0 aliphatic carbocycles. The molecule has 3 heteroatoms. The van der Waals surface area contributed by atoms with Crippen LogP contribution in [0.15, 0.2) is 17.1 Å². The van der Waals surface area contributed by atoms with Crippen molar-refractivity contribution < 1.29 is 0 Å². The van der Waals surface area contributed by atoms with Crippen molar-refractivity contribution >= 4 is 43.0 Å². The van der Waals surface area contributed by atoms with E-state index in [1.807, 2.05) is 6.21 Å². The Morgan fingerprint density at radius 3 is 1.54 bits per heavy atom. The fourth-order valence-electron chi connectivity index (χ4n) is 2.40. The topological polar surface area (TPSA) is 12.4 Å². The second-order valence-corrected chi connectivity index (χ2v) is 40.0. The van der Waals surface area contributed by atoms with Gasteiger partial charge in [0.1, 0.15) is 0 Å². The van der Waals surface area contributed by atoms with E-state index >= 15 is 0 Å². The van der Waals surface area contributed by atoms with Crippen molar-refractivity contribution in [3.63, 3.8) is 0 Å². The number of nitrogens with zero attached hydrogens (tertiary/aromatic N) is 1. The van der Waals surface area contributed by atoms with E-state index in [4.69, 9.17) is 4.99 Å². The molecule has 1 aliphatic rings. The Kier molecular flexibility index (Phi) is 3.29. The number of hydrogen-bond acceptors (Lipinski definition) is 1. The van der Waals surface area contributed by atoms with Crippen LogP contribution in [0.4, 0.5) is 0 Å². The van der Waals surface area contributed by atoms with E-state index in [2.05, 4.69) is 41.8 Å². The van der Waals surface area contributed by atoms with Crippen LogP contribution < -0.4 is 0 Å². The van der Waals surface area contributed by atoms with Gasteiger partial charge in [0.15, 0.2) is 0 Å². The van der Waals surface area contributed by atoms with E-state index in [1.165, 1.54) is 0 Å². The van der Waals surface area contributed by atoms with Crippen LogP contribution >= 0.6 is 0 Å². The van der Waals surface area contributed by atoms with E-state index in [9.17, 15) is 0 Å². The molecule has 0 saturated carbocycles. The third kappa shape index (κ3) is 2.01. The van der Waals surface area contributed by atoms with Crippen LogP contribution in [-0.2, 0) is 0 Å². The summed E-state index contributed by atoms with van der Waals surface area (Å²) in [5, 5.41) is 0. The van der Waals surface area contributed by atoms with Crippen LogP contribution in [0.3, 0.4) is 0 Å². The molecule has 0 unspecified atom stereocenters. The maximum atomic E-state index is 4.86. The molecule has 74 valence electrons. The van der Waals surface area contributed by atoms with Crippen molar-refractivity contribution in [2.75, 3.05) is 0 Å². The first kappa shape index (κ1) is 12.1. The molecule has 0 aromatic heterocycles. The van der Waals surface area contributed by atoms with Crippen molar-refractivity contribution in [3.8, 4) is 0 Å². The summed E-state index contributed by atoms with van der Waals surface area (Å²) in [7, 11) is 0. The first-order chi connectivity index (χ1) is 5.71. The third-order valence-electron chi connectivity index (χ3n) is 2.99. The van der Waals surface area contributed by atoms with Crippen LogP contribution in [-0.4, -0.2) is 44.5 Å². The second-order valence-electron chi connectivity index (χ2n) is 5.90. The molecule has 0 N–H and O–H groups in total. The molecule has 0 atom stereocenters. The molecule has 0 spiro atoms. The molecule has 1 nitrogen and oxygen atoms in total. The maximum absolute atomic E-state index is 4.86. The minimum absolute atomic E-state index is 0.378. The number of rotatable bonds is 2. The van der Waals surface area contributed by atoms with E-state index in [1.54, 1.807) is 0 Å². The molecule has 0 saturated heterocycles. The zero-order valence-electron chi connectivity index (χ0n) is 9.68. The summed E-state index contributed by atoms with van der Waals surface area (Å²) in [4.78, 5) is 20.0. The molecule has 0 fully saturated rings. The molecule has 0 bridgehead atoms. The van der Waals surface area contributed by atoms with E-state index in [0.29, 0.717) is 1.57 Å². The van der Waals surface area contributed by atoms with Gasteiger partial charge >= 0.3 is 91.3 Å². The first-order valence-corrected chi connectivity index (χ1v) is 24.9. The van der Waals surface area contributed by atoms with Crippen molar-refractivity contribution in [2.24, 2.45) is 4.99 Å². The molecular formula is C10H21NSn2. The van der Waals surface area contributed by atoms with Gasteiger partial charge in [-0.3, -0.25) is 0 Å². The van der Waals surface area contributed by atoms with E-state index in [-0.39, 0.29) is 0 Å². The zero-order valence-corrected chi connectivity index (χ0v) is 15.4. The Morgan fingerprint density at radius 1 is 0.923 bits per heavy atom. The third-order valence-corrected chi connectivity index (χ3v) is 46.4. The SMILES string of the molecule is [CH3][Sn]([CH3])([CH3])[C]1([Sn]([CH3])([CH3])[CH3])C=CC=N1. The van der Waals surface area contributed by atoms with E-state index < -0.39 is 36.8 Å². The number of hydrogen-bond donors (Lipinski definition) is 0. The van der Waals surface area contributed by atoms with Gasteiger partial charge in [0, 0.05) is 0 Å². The van der Waals surface area contributed by atoms with Crippen molar-refractivity contribution in [1.82, 2.24) is 0 Å². The summed E-state index contributed by atoms with van der Waals surface area (Å²) in [5.74, 6) is 0. The first-order valence-electron chi connectivity index (χ1n) is 4.94. The normalized spacial score (nSPS) is 21.1. The number of allylic oxidation sites excluding steroid dienone is 1. The molecule has 1 rings (SSSR count). The molecule has 0 amide bonds. The van der Waals surface area contributed by atoms with Gasteiger partial charge in [-0.1, -0.05) is 0 Å². The summed E-state index contributed by atoms with van der Waals surface area (Å²) in [6.45, 7) is 0. The molecule has 0 aromatic carbocycles. The second kappa shape index (κ2) is 3.54. The zero-order chi connectivity index (χ0) is 10.3. The molecule has 0 radical (unpaired) electrons. The molecule has 1 aliphatic heterocycles. The summed E-state index contributed by atoms with van der Waals surface area (Å²) < 4.78 is 0.378. The van der Waals surface area contributed by atoms with Gasteiger partial charge in [-0.25, -0.2) is 0 Å². The van der Waals surface area contributed by atoms with Crippen molar-refractivity contribution in [3.05, 3.63) is 12.2 Å². The monoisotopic (exact) mass is 395 g/mol. The molecule has 13 heavy (non-hydrogen) atoms. The van der Waals surface area contributed by atoms with Gasteiger partial charge in [-0.2, -0.15) is 0 Å². The predicted molar refractivity (Wildman–Crippen MR) is 67.1 cm³/mol. The summed E-state index contributed by atoms with van der Waals surface area (Å²) in [6, 6.07) is 0. The van der Waals surface area contributed by atoms with E-state index in [0.717, 1.165) is 0 Å². The Hall–Kier alpha value is 1.01. The Balaban J connectivity index is 3.19. The summed E-state index contributed by atoms with van der Waals surface area (Å²) in [6.07, 6.45) is 6.63. The average Bonchev–Trinajstić information content (AvgIpc) is 2.28. The predicted octanol–water partition coefficient (Wildman–Crippen LogP) is 3.12. The van der Waals surface area contributed by atoms with Gasteiger partial charge in [0.2, 0.25) is 0 Å². The van der Waals surface area contributed by atoms with Crippen LogP contribution in [0, 0.1) is 0 Å².